The summed E-state index contributed by atoms with van der Waals surface area (Å²) >= 11 is 0. The van der Waals surface area contributed by atoms with Crippen molar-refractivity contribution in [3.05, 3.63) is 107 Å². The van der Waals surface area contributed by atoms with Crippen molar-refractivity contribution in [2.24, 2.45) is 9.98 Å². The van der Waals surface area contributed by atoms with E-state index in [2.05, 4.69) is 9.98 Å². The van der Waals surface area contributed by atoms with Gasteiger partial charge in [0.1, 0.15) is 18.2 Å². The predicted molar refractivity (Wildman–Crippen MR) is 158 cm³/mol. The second-order valence-corrected chi connectivity index (χ2v) is 8.94. The number of phenolic OH excluding ortho intramolecular Hbond substituents is 2. The maximum Gasteiger partial charge on any atom is 2.00 e. The van der Waals surface area contributed by atoms with Gasteiger partial charge in [0.15, 0.2) is 0 Å². The quantitative estimate of drug-likeness (QED) is 0.315. The Labute approximate surface area is 256 Å². The van der Waals surface area contributed by atoms with Gasteiger partial charge in [0.2, 0.25) is 0 Å². The number of hydrogen-bond donors (Lipinski definition) is 2. The number of nitrogens with zero attached hydrogens (tertiary/aromatic N) is 2. The van der Waals surface area contributed by atoms with Crippen LogP contribution in [0.4, 0.5) is 0 Å². The third-order valence-corrected chi connectivity index (χ3v) is 5.50. The molecule has 0 aliphatic carbocycles. The predicted octanol–water partition coefficient (Wildman–Crippen LogP) is 4.05. The number of rotatable bonds is 6. The Morgan fingerprint density at radius 1 is 0.643 bits per heavy atom. The molecule has 42 heavy (non-hydrogen) atoms. The van der Waals surface area contributed by atoms with Crippen molar-refractivity contribution in [1.29, 1.82) is 0 Å². The van der Waals surface area contributed by atoms with Crippen LogP contribution in [0, 0.1) is 13.8 Å². The Morgan fingerprint density at radius 3 is 1.26 bits per heavy atom. The van der Waals surface area contributed by atoms with Crippen molar-refractivity contribution in [1.82, 2.24) is 0 Å². The minimum atomic E-state index is -1.08. The van der Waals surface area contributed by atoms with Crippen LogP contribution in [0.25, 0.3) is 22.3 Å². The normalized spacial score (nSPS) is 10.2. The molecule has 4 aromatic carbocycles. The molecule has 0 aromatic heterocycles. The van der Waals surface area contributed by atoms with Gasteiger partial charge in [-0.15, -0.1) is 0 Å². The summed E-state index contributed by atoms with van der Waals surface area (Å²) in [5.74, 6) is -1.74. The first-order valence-corrected chi connectivity index (χ1v) is 12.6. The second kappa shape index (κ2) is 17.9. The molecule has 0 aliphatic rings. The van der Waals surface area contributed by atoms with E-state index < -0.39 is 11.9 Å². The van der Waals surface area contributed by atoms with Crippen LogP contribution in [0.3, 0.4) is 0 Å². The Kier molecular flexibility index (Phi) is 15.0. The van der Waals surface area contributed by atoms with E-state index in [0.717, 1.165) is 47.2 Å². The fourth-order valence-corrected chi connectivity index (χ4v) is 3.73. The molecule has 0 spiro atoms. The van der Waals surface area contributed by atoms with Crippen LogP contribution in [0.15, 0.2) is 94.9 Å². The van der Waals surface area contributed by atoms with Crippen molar-refractivity contribution in [3.8, 4) is 33.8 Å². The van der Waals surface area contributed by atoms with E-state index in [1.54, 1.807) is 12.4 Å². The Bertz CT molecular complexity index is 1400. The molecule has 0 heterocycles. The van der Waals surface area contributed by atoms with Crippen LogP contribution in [-0.2, 0) is 26.4 Å². The van der Waals surface area contributed by atoms with Crippen molar-refractivity contribution >= 4 is 24.4 Å². The molecule has 0 atom stereocenters. The summed E-state index contributed by atoms with van der Waals surface area (Å²) in [6.45, 7) is 5.88. The summed E-state index contributed by atoms with van der Waals surface area (Å²) in [5.41, 5.74) is 7.08. The number of carbonyl (C=O) groups is 2. The number of aliphatic imine (C=N–C) groups is 2. The summed E-state index contributed by atoms with van der Waals surface area (Å²) in [7, 11) is 0. The molecule has 0 unspecified atom stereocenters. The molecule has 219 valence electrons. The number of carboxylic acid groups (broad SMARTS) is 2. The van der Waals surface area contributed by atoms with Gasteiger partial charge >= 0.3 is 16.8 Å². The van der Waals surface area contributed by atoms with E-state index in [0.29, 0.717) is 11.1 Å². The molecule has 4 rings (SSSR count). The van der Waals surface area contributed by atoms with Crippen molar-refractivity contribution in [3.63, 3.8) is 0 Å². The number of aliphatic carboxylic acids is 2. The molecular formula is C33H32CoN2O6. The Hall–Kier alpha value is -4.73. The SMILES string of the molecule is CC(=O)[O-].CC(=O)[O-].Cc1cc(-c2ccccc2)cc(C=NCN=Cc2cc(-c3ccccc3)cc(C)c2O)c1O.[Co+2]. The summed E-state index contributed by atoms with van der Waals surface area (Å²) in [6, 6.07) is 27.8. The first kappa shape index (κ1) is 35.3. The Morgan fingerprint density at radius 2 is 0.952 bits per heavy atom. The third kappa shape index (κ3) is 11.8. The first-order chi connectivity index (χ1) is 19.5. The summed E-state index contributed by atoms with van der Waals surface area (Å²) in [4.78, 5) is 26.5. The summed E-state index contributed by atoms with van der Waals surface area (Å²) in [5, 5.41) is 38.7. The van der Waals surface area contributed by atoms with Gasteiger partial charge in [0, 0.05) is 35.5 Å². The van der Waals surface area contributed by atoms with E-state index >= 15 is 0 Å². The van der Waals surface area contributed by atoms with Gasteiger partial charge in [0.25, 0.3) is 0 Å². The molecule has 0 saturated carbocycles. The number of aryl methyl sites for hydroxylation is 2. The first-order valence-electron chi connectivity index (χ1n) is 12.6. The molecule has 8 nitrogen and oxygen atoms in total. The molecule has 0 amide bonds. The molecule has 4 aromatic rings. The average molecular weight is 612 g/mol. The van der Waals surface area contributed by atoms with E-state index in [1.165, 1.54) is 0 Å². The van der Waals surface area contributed by atoms with Gasteiger partial charge in [0.05, 0.1) is 0 Å². The smallest absolute Gasteiger partial charge is 0.550 e. The van der Waals surface area contributed by atoms with Gasteiger partial charge in [-0.3, -0.25) is 9.98 Å². The van der Waals surface area contributed by atoms with E-state index in [-0.39, 0.29) is 34.9 Å². The monoisotopic (exact) mass is 611 g/mol. The zero-order valence-corrected chi connectivity index (χ0v) is 24.7. The zero-order chi connectivity index (χ0) is 30.4. The van der Waals surface area contributed by atoms with Crippen LogP contribution in [0.2, 0.25) is 0 Å². The minimum Gasteiger partial charge on any atom is -0.550 e. The van der Waals surface area contributed by atoms with Crippen molar-refractivity contribution in [2.45, 2.75) is 27.7 Å². The topological polar surface area (TPSA) is 145 Å². The number of benzene rings is 4. The van der Waals surface area contributed by atoms with Gasteiger partial charge < -0.3 is 30.0 Å². The van der Waals surface area contributed by atoms with E-state index in [1.807, 2.05) is 98.8 Å². The van der Waals surface area contributed by atoms with Crippen molar-refractivity contribution in [2.75, 3.05) is 6.67 Å². The number of phenols is 2. The number of carbonyl (C=O) groups excluding carboxylic acids is 2. The van der Waals surface area contributed by atoms with Crippen LogP contribution in [-0.4, -0.2) is 41.2 Å². The third-order valence-electron chi connectivity index (χ3n) is 5.50. The molecule has 2 N–H and O–H groups in total. The maximum absolute atomic E-state index is 10.4. The Balaban J connectivity index is 0.000000873. The number of carboxylic acids is 2. The van der Waals surface area contributed by atoms with Crippen molar-refractivity contribution < 1.29 is 46.8 Å². The van der Waals surface area contributed by atoms with Gasteiger partial charge in [-0.1, -0.05) is 60.7 Å². The molecule has 0 aliphatic heterocycles. The molecule has 0 saturated heterocycles. The molecular weight excluding hydrogens is 579 g/mol. The second-order valence-electron chi connectivity index (χ2n) is 8.94. The molecule has 9 heteroatoms. The van der Waals surface area contributed by atoms with Gasteiger partial charge in [-0.25, -0.2) is 0 Å². The zero-order valence-electron chi connectivity index (χ0n) is 23.7. The largest absolute Gasteiger partial charge is 2.00 e. The van der Waals surface area contributed by atoms with E-state index in [4.69, 9.17) is 19.8 Å². The van der Waals surface area contributed by atoms with Gasteiger partial charge in [-0.05, 0) is 85.3 Å². The van der Waals surface area contributed by atoms with Crippen LogP contribution < -0.4 is 10.2 Å². The van der Waals surface area contributed by atoms with Crippen LogP contribution >= 0.6 is 0 Å². The van der Waals surface area contributed by atoms with E-state index in [9.17, 15) is 10.2 Å². The average Bonchev–Trinajstić information content (AvgIpc) is 2.93. The number of hydrogen-bond acceptors (Lipinski definition) is 8. The molecule has 0 fully saturated rings. The summed E-state index contributed by atoms with van der Waals surface area (Å²) < 4.78 is 0. The molecule has 1 radical (unpaired) electrons. The van der Waals surface area contributed by atoms with Crippen LogP contribution in [0.1, 0.15) is 36.1 Å². The van der Waals surface area contributed by atoms with Gasteiger partial charge in [-0.2, -0.15) is 0 Å². The maximum atomic E-state index is 10.4. The fraction of sp³-hybridized carbons (Fsp3) is 0.152. The minimum absolute atomic E-state index is 0. The summed E-state index contributed by atoms with van der Waals surface area (Å²) in [6.07, 6.45) is 3.27. The fourth-order valence-electron chi connectivity index (χ4n) is 3.73. The molecule has 0 bridgehead atoms. The standard InChI is InChI=1S/C29H26N2O2.2C2H4O2.Co/c1-20-13-24(22-9-5-3-6-10-22)15-26(28(20)32)17-30-19-31-18-27-16-25(14-21(2)29(27)33)23-11-7-4-8-12-23;2*1-2(3)4;/h3-18,32-33H,19H2,1-2H3;2*1H3,(H,3,4);/q;;;+2/p-2. The number of aromatic hydroxyl groups is 2. The van der Waals surface area contributed by atoms with Crippen LogP contribution in [0.5, 0.6) is 11.5 Å².